The van der Waals surface area contributed by atoms with Gasteiger partial charge < -0.3 is 9.84 Å². The number of aliphatic imine (C=N–C) groups is 1. The SMILES string of the molecule is CC1=NC2=C(C(=O)C[C@H](c3ccccc3)C2)[C@H](c2cccc(O)c2)C1C(=O)OC(C)C. The molecule has 5 heteroatoms. The first-order valence-electron chi connectivity index (χ1n) is 10.7. The molecule has 1 aliphatic carbocycles. The normalized spacial score (nSPS) is 23.4. The Morgan fingerprint density at radius 3 is 2.45 bits per heavy atom. The number of phenols is 1. The summed E-state index contributed by atoms with van der Waals surface area (Å²) < 4.78 is 5.53. The van der Waals surface area contributed by atoms with E-state index in [0.717, 1.165) is 16.8 Å². The van der Waals surface area contributed by atoms with Gasteiger partial charge in [0.25, 0.3) is 0 Å². The van der Waals surface area contributed by atoms with E-state index in [-0.39, 0.29) is 23.6 Å². The van der Waals surface area contributed by atoms with E-state index in [1.165, 1.54) is 0 Å². The van der Waals surface area contributed by atoms with Gasteiger partial charge >= 0.3 is 5.97 Å². The summed E-state index contributed by atoms with van der Waals surface area (Å²) in [7, 11) is 0. The second kappa shape index (κ2) is 8.50. The van der Waals surface area contributed by atoms with Crippen molar-refractivity contribution >= 4 is 17.5 Å². The molecule has 0 fully saturated rings. The Labute approximate surface area is 182 Å². The number of carbonyl (C=O) groups excluding carboxylic acids is 2. The molecule has 2 aromatic carbocycles. The number of allylic oxidation sites excluding steroid dienone is 2. The molecule has 0 spiro atoms. The number of nitrogens with zero attached hydrogens (tertiary/aromatic N) is 1. The summed E-state index contributed by atoms with van der Waals surface area (Å²) in [6, 6.07) is 16.8. The molecule has 0 amide bonds. The first-order chi connectivity index (χ1) is 14.8. The first-order valence-corrected chi connectivity index (χ1v) is 10.7. The van der Waals surface area contributed by atoms with Crippen LogP contribution in [0.15, 0.2) is 70.9 Å². The van der Waals surface area contributed by atoms with Gasteiger partial charge in [0.15, 0.2) is 5.78 Å². The minimum Gasteiger partial charge on any atom is -0.508 e. The van der Waals surface area contributed by atoms with Gasteiger partial charge in [-0.2, -0.15) is 0 Å². The fourth-order valence-electron chi connectivity index (χ4n) is 4.71. The quantitative estimate of drug-likeness (QED) is 0.717. The molecule has 0 aromatic heterocycles. The number of aromatic hydroxyl groups is 1. The molecule has 31 heavy (non-hydrogen) atoms. The van der Waals surface area contributed by atoms with Crippen molar-refractivity contribution in [2.24, 2.45) is 10.9 Å². The van der Waals surface area contributed by atoms with Crippen LogP contribution in [0.1, 0.15) is 56.6 Å². The zero-order valence-corrected chi connectivity index (χ0v) is 18.0. The van der Waals surface area contributed by atoms with E-state index in [2.05, 4.69) is 0 Å². The Hall–Kier alpha value is -3.21. The van der Waals surface area contributed by atoms with Crippen molar-refractivity contribution in [3.05, 3.63) is 77.0 Å². The van der Waals surface area contributed by atoms with E-state index in [4.69, 9.17) is 9.73 Å². The molecule has 5 nitrogen and oxygen atoms in total. The van der Waals surface area contributed by atoms with Crippen LogP contribution in [0.2, 0.25) is 0 Å². The fraction of sp³-hybridized carbons (Fsp3) is 0.346. The lowest BCUT2D eigenvalue weighted by Crippen LogP contribution is -2.38. The molecule has 1 aliphatic heterocycles. The average molecular weight is 418 g/mol. The highest BCUT2D eigenvalue weighted by atomic mass is 16.5. The zero-order valence-electron chi connectivity index (χ0n) is 18.0. The molecule has 0 radical (unpaired) electrons. The molecule has 0 saturated heterocycles. The van der Waals surface area contributed by atoms with Gasteiger partial charge in [0, 0.05) is 29.3 Å². The van der Waals surface area contributed by atoms with Crippen molar-refractivity contribution < 1.29 is 19.4 Å². The number of phenolic OH excluding ortho intramolecular Hbond substituents is 1. The maximum absolute atomic E-state index is 13.4. The monoisotopic (exact) mass is 417 g/mol. The molecule has 4 rings (SSSR count). The minimum absolute atomic E-state index is 0.00189. The smallest absolute Gasteiger partial charge is 0.315 e. The lowest BCUT2D eigenvalue weighted by atomic mass is 9.69. The predicted molar refractivity (Wildman–Crippen MR) is 119 cm³/mol. The summed E-state index contributed by atoms with van der Waals surface area (Å²) in [5, 5.41) is 10.1. The van der Waals surface area contributed by atoms with Gasteiger partial charge in [-0.15, -0.1) is 0 Å². The Kier molecular flexibility index (Phi) is 5.77. The molecule has 1 heterocycles. The van der Waals surface area contributed by atoms with E-state index in [1.807, 2.05) is 43.3 Å². The molecule has 160 valence electrons. The van der Waals surface area contributed by atoms with Gasteiger partial charge in [0.2, 0.25) is 0 Å². The number of esters is 1. The van der Waals surface area contributed by atoms with Crippen LogP contribution in [0.25, 0.3) is 0 Å². The van der Waals surface area contributed by atoms with Gasteiger partial charge in [0.05, 0.1) is 6.10 Å². The summed E-state index contributed by atoms with van der Waals surface area (Å²) in [5.41, 5.74) is 3.79. The third-order valence-corrected chi connectivity index (χ3v) is 5.99. The number of rotatable bonds is 4. The van der Waals surface area contributed by atoms with Crippen molar-refractivity contribution in [3.63, 3.8) is 0 Å². The van der Waals surface area contributed by atoms with Crippen molar-refractivity contribution in [3.8, 4) is 5.75 Å². The number of Topliss-reactive ketones (excluding diaryl/α,β-unsaturated/α-hetero) is 1. The zero-order chi connectivity index (χ0) is 22.1. The summed E-state index contributed by atoms with van der Waals surface area (Å²) >= 11 is 0. The van der Waals surface area contributed by atoms with E-state index in [0.29, 0.717) is 24.1 Å². The van der Waals surface area contributed by atoms with Crippen LogP contribution >= 0.6 is 0 Å². The molecule has 2 aromatic rings. The fourth-order valence-corrected chi connectivity index (χ4v) is 4.71. The van der Waals surface area contributed by atoms with Gasteiger partial charge in [-0.05, 0) is 56.4 Å². The topological polar surface area (TPSA) is 76.0 Å². The lowest BCUT2D eigenvalue weighted by molar-refractivity contribution is -0.150. The molecule has 0 bridgehead atoms. The Morgan fingerprint density at radius 2 is 1.77 bits per heavy atom. The second-order valence-corrected chi connectivity index (χ2v) is 8.59. The predicted octanol–water partition coefficient (Wildman–Crippen LogP) is 4.92. The maximum Gasteiger partial charge on any atom is 0.315 e. The van der Waals surface area contributed by atoms with Crippen LogP contribution < -0.4 is 0 Å². The van der Waals surface area contributed by atoms with Crippen molar-refractivity contribution in [1.82, 2.24) is 0 Å². The molecule has 1 unspecified atom stereocenters. The number of hydrogen-bond acceptors (Lipinski definition) is 5. The Bertz CT molecular complexity index is 1070. The summed E-state index contributed by atoms with van der Waals surface area (Å²) in [6.45, 7) is 5.43. The van der Waals surface area contributed by atoms with Crippen molar-refractivity contribution in [1.29, 1.82) is 0 Å². The molecule has 2 aliphatic rings. The van der Waals surface area contributed by atoms with E-state index < -0.39 is 17.8 Å². The van der Waals surface area contributed by atoms with Crippen LogP contribution in [-0.4, -0.2) is 28.7 Å². The highest BCUT2D eigenvalue weighted by molar-refractivity contribution is 6.09. The number of ether oxygens (including phenoxy) is 1. The van der Waals surface area contributed by atoms with Crippen LogP contribution in [-0.2, 0) is 14.3 Å². The van der Waals surface area contributed by atoms with Crippen LogP contribution in [0, 0.1) is 5.92 Å². The molecular formula is C26H27NO4. The van der Waals surface area contributed by atoms with Crippen LogP contribution in [0.5, 0.6) is 5.75 Å². The standard InChI is InChI=1S/C26H27NO4/c1-15(2)31-26(30)23-16(3)27-21-13-19(17-8-5-4-6-9-17)14-22(29)25(21)24(23)18-10-7-11-20(28)12-18/h4-12,15,19,23-24,28H,13-14H2,1-3H3/t19-,23?,24-/m1/s1. The number of ketones is 1. The second-order valence-electron chi connectivity index (χ2n) is 8.59. The first kappa shape index (κ1) is 21.0. The number of benzene rings is 2. The van der Waals surface area contributed by atoms with E-state index in [1.54, 1.807) is 32.0 Å². The Morgan fingerprint density at radius 1 is 1.06 bits per heavy atom. The third-order valence-electron chi connectivity index (χ3n) is 5.99. The molecule has 1 N–H and O–H groups in total. The summed E-state index contributed by atoms with van der Waals surface area (Å²) in [5.74, 6) is -1.44. The largest absolute Gasteiger partial charge is 0.508 e. The Balaban J connectivity index is 1.80. The van der Waals surface area contributed by atoms with E-state index in [9.17, 15) is 14.7 Å². The van der Waals surface area contributed by atoms with Crippen molar-refractivity contribution in [2.75, 3.05) is 0 Å². The highest BCUT2D eigenvalue weighted by Crippen LogP contribution is 2.47. The van der Waals surface area contributed by atoms with Gasteiger partial charge in [-0.1, -0.05) is 42.5 Å². The van der Waals surface area contributed by atoms with Crippen LogP contribution in [0.4, 0.5) is 0 Å². The summed E-state index contributed by atoms with van der Waals surface area (Å²) in [6.07, 6.45) is 0.743. The third kappa shape index (κ3) is 4.18. The van der Waals surface area contributed by atoms with Gasteiger partial charge in [-0.25, -0.2) is 0 Å². The van der Waals surface area contributed by atoms with Gasteiger partial charge in [0.1, 0.15) is 11.7 Å². The molecule has 0 saturated carbocycles. The van der Waals surface area contributed by atoms with Gasteiger partial charge in [-0.3, -0.25) is 14.6 Å². The van der Waals surface area contributed by atoms with Crippen LogP contribution in [0.3, 0.4) is 0 Å². The number of hydrogen-bond donors (Lipinski definition) is 1. The highest BCUT2D eigenvalue weighted by Gasteiger charge is 2.45. The maximum atomic E-state index is 13.4. The minimum atomic E-state index is -0.694. The average Bonchev–Trinajstić information content (AvgIpc) is 2.72. The van der Waals surface area contributed by atoms with Crippen molar-refractivity contribution in [2.45, 2.75) is 51.6 Å². The molecule has 3 atom stereocenters. The summed E-state index contributed by atoms with van der Waals surface area (Å²) in [4.78, 5) is 31.2. The molecular weight excluding hydrogens is 390 g/mol. The lowest BCUT2D eigenvalue weighted by Gasteiger charge is -2.36. The van der Waals surface area contributed by atoms with E-state index >= 15 is 0 Å². The number of carbonyl (C=O) groups is 2.